The van der Waals surface area contributed by atoms with E-state index in [9.17, 15) is 0 Å². The van der Waals surface area contributed by atoms with Gasteiger partial charge in [0.2, 0.25) is 0 Å². The Kier molecular flexibility index (Phi) is 5.51. The lowest BCUT2D eigenvalue weighted by Crippen LogP contribution is -2.23. The van der Waals surface area contributed by atoms with E-state index in [0.29, 0.717) is 12.4 Å². The zero-order valence-electron chi connectivity index (χ0n) is 10.6. The molecule has 1 aromatic carbocycles. The summed E-state index contributed by atoms with van der Waals surface area (Å²) in [7, 11) is 0. The first kappa shape index (κ1) is 14.4. The SMILES string of the molecule is Cc1ccc(C)c(OCCSC(=N)N=C(N)N)c1. The van der Waals surface area contributed by atoms with Crippen LogP contribution >= 0.6 is 11.8 Å². The minimum atomic E-state index is -0.0945. The van der Waals surface area contributed by atoms with Gasteiger partial charge in [-0.15, -0.1) is 0 Å². The fraction of sp³-hybridized carbons (Fsp3) is 0.333. The number of nitrogens with zero attached hydrogens (tertiary/aromatic N) is 1. The summed E-state index contributed by atoms with van der Waals surface area (Å²) < 4.78 is 5.64. The van der Waals surface area contributed by atoms with Gasteiger partial charge in [0.1, 0.15) is 5.75 Å². The Morgan fingerprint density at radius 3 is 2.78 bits per heavy atom. The molecule has 1 aromatic rings. The number of hydrogen-bond donors (Lipinski definition) is 3. The van der Waals surface area contributed by atoms with E-state index in [2.05, 4.69) is 4.99 Å². The van der Waals surface area contributed by atoms with Crippen LogP contribution in [0.3, 0.4) is 0 Å². The number of benzene rings is 1. The van der Waals surface area contributed by atoms with Crippen LogP contribution in [0, 0.1) is 19.3 Å². The highest BCUT2D eigenvalue weighted by molar-refractivity contribution is 8.13. The molecule has 0 saturated carbocycles. The smallest absolute Gasteiger partial charge is 0.193 e. The van der Waals surface area contributed by atoms with E-state index in [4.69, 9.17) is 21.6 Å². The van der Waals surface area contributed by atoms with Crippen LogP contribution in [0.15, 0.2) is 23.2 Å². The Balaban J connectivity index is 2.36. The van der Waals surface area contributed by atoms with Gasteiger partial charge in [0.05, 0.1) is 6.61 Å². The van der Waals surface area contributed by atoms with E-state index in [1.807, 2.05) is 32.0 Å². The minimum absolute atomic E-state index is 0.0945. The van der Waals surface area contributed by atoms with Crippen molar-refractivity contribution in [3.8, 4) is 5.75 Å². The molecular formula is C12H18N4OS. The van der Waals surface area contributed by atoms with Crippen molar-refractivity contribution >= 4 is 22.9 Å². The molecule has 0 fully saturated rings. The average molecular weight is 266 g/mol. The monoisotopic (exact) mass is 266 g/mol. The number of nitrogens with one attached hydrogen (secondary N) is 1. The summed E-state index contributed by atoms with van der Waals surface area (Å²) in [6, 6.07) is 6.08. The van der Waals surface area contributed by atoms with E-state index in [1.54, 1.807) is 0 Å². The van der Waals surface area contributed by atoms with E-state index in [-0.39, 0.29) is 11.1 Å². The first-order chi connectivity index (χ1) is 8.49. The number of aliphatic imine (C=N–C) groups is 1. The van der Waals surface area contributed by atoms with Crippen molar-refractivity contribution in [2.45, 2.75) is 13.8 Å². The number of thioether (sulfide) groups is 1. The highest BCUT2D eigenvalue weighted by atomic mass is 32.2. The lowest BCUT2D eigenvalue weighted by Gasteiger charge is -2.09. The summed E-state index contributed by atoms with van der Waals surface area (Å²) in [5.41, 5.74) is 12.6. The predicted octanol–water partition coefficient (Wildman–Crippen LogP) is 1.62. The Labute approximate surface area is 111 Å². The first-order valence-electron chi connectivity index (χ1n) is 5.50. The van der Waals surface area contributed by atoms with Gasteiger partial charge in [-0.1, -0.05) is 23.9 Å². The largest absolute Gasteiger partial charge is 0.492 e. The number of amidine groups is 1. The van der Waals surface area contributed by atoms with Crippen LogP contribution in [-0.2, 0) is 0 Å². The highest BCUT2D eigenvalue weighted by Crippen LogP contribution is 2.19. The lowest BCUT2D eigenvalue weighted by molar-refractivity contribution is 0.341. The second-order valence-corrected chi connectivity index (χ2v) is 4.89. The Hall–Kier alpha value is -1.69. The molecule has 0 heterocycles. The standard InChI is InChI=1S/C12H18N4OS/c1-8-3-4-9(2)10(7-8)17-5-6-18-12(15)16-11(13)14/h3-4,7H,5-6H2,1-2H3,(H5,13,14,15,16). The third kappa shape index (κ3) is 5.09. The summed E-state index contributed by atoms with van der Waals surface area (Å²) >= 11 is 1.24. The number of aryl methyl sites for hydroxylation is 2. The third-order valence-electron chi connectivity index (χ3n) is 2.15. The fourth-order valence-corrected chi connectivity index (χ4v) is 1.83. The summed E-state index contributed by atoms with van der Waals surface area (Å²) in [4.78, 5) is 3.62. The molecule has 0 atom stereocenters. The Bertz CT molecular complexity index is 455. The topological polar surface area (TPSA) is 97.5 Å². The fourth-order valence-electron chi connectivity index (χ4n) is 1.30. The lowest BCUT2D eigenvalue weighted by atomic mass is 10.1. The molecule has 1 rings (SSSR count). The summed E-state index contributed by atoms with van der Waals surface area (Å²) in [5.74, 6) is 1.41. The maximum atomic E-state index is 7.44. The highest BCUT2D eigenvalue weighted by Gasteiger charge is 2.01. The summed E-state index contributed by atoms with van der Waals surface area (Å²) in [6.07, 6.45) is 0. The van der Waals surface area contributed by atoms with Gasteiger partial charge in [-0.2, -0.15) is 4.99 Å². The molecule has 0 aromatic heterocycles. The van der Waals surface area contributed by atoms with Crippen LogP contribution in [-0.4, -0.2) is 23.5 Å². The molecule has 0 spiro atoms. The summed E-state index contributed by atoms with van der Waals surface area (Å²) in [5, 5.41) is 7.54. The zero-order chi connectivity index (χ0) is 13.5. The van der Waals surface area contributed by atoms with Gasteiger partial charge in [-0.05, 0) is 31.0 Å². The second-order valence-electron chi connectivity index (χ2n) is 3.81. The molecule has 0 aliphatic carbocycles. The van der Waals surface area contributed by atoms with Gasteiger partial charge in [0.15, 0.2) is 11.1 Å². The Morgan fingerprint density at radius 2 is 2.11 bits per heavy atom. The number of hydrogen-bond acceptors (Lipinski definition) is 3. The van der Waals surface area contributed by atoms with E-state index in [1.165, 1.54) is 11.8 Å². The van der Waals surface area contributed by atoms with Gasteiger partial charge >= 0.3 is 0 Å². The van der Waals surface area contributed by atoms with Crippen LogP contribution in [0.2, 0.25) is 0 Å². The molecule has 0 saturated heterocycles. The molecule has 98 valence electrons. The third-order valence-corrected chi connectivity index (χ3v) is 2.89. The minimum Gasteiger partial charge on any atom is -0.492 e. The second kappa shape index (κ2) is 6.90. The quantitative estimate of drug-likeness (QED) is 0.438. The molecule has 5 nitrogen and oxygen atoms in total. The van der Waals surface area contributed by atoms with Gasteiger partial charge < -0.3 is 16.2 Å². The molecule has 0 radical (unpaired) electrons. The van der Waals surface area contributed by atoms with Crippen molar-refractivity contribution in [1.29, 1.82) is 5.41 Å². The van der Waals surface area contributed by atoms with Crippen molar-refractivity contribution in [3.05, 3.63) is 29.3 Å². The van der Waals surface area contributed by atoms with Gasteiger partial charge in [-0.25, -0.2) is 0 Å². The maximum absolute atomic E-state index is 7.44. The molecule has 0 bridgehead atoms. The number of ether oxygens (including phenoxy) is 1. The van der Waals surface area contributed by atoms with Crippen LogP contribution < -0.4 is 16.2 Å². The molecule has 6 heteroatoms. The van der Waals surface area contributed by atoms with Crippen molar-refractivity contribution in [2.24, 2.45) is 16.5 Å². The molecule has 0 unspecified atom stereocenters. The van der Waals surface area contributed by atoms with Crippen LogP contribution in [0.4, 0.5) is 0 Å². The van der Waals surface area contributed by atoms with Crippen molar-refractivity contribution in [1.82, 2.24) is 0 Å². The van der Waals surface area contributed by atoms with Gasteiger partial charge in [-0.3, -0.25) is 5.41 Å². The molecule has 5 N–H and O–H groups in total. The van der Waals surface area contributed by atoms with E-state index < -0.39 is 0 Å². The first-order valence-corrected chi connectivity index (χ1v) is 6.48. The molecule has 0 aliphatic rings. The van der Waals surface area contributed by atoms with E-state index in [0.717, 1.165) is 16.9 Å². The number of nitrogens with two attached hydrogens (primary N) is 2. The number of guanidine groups is 1. The van der Waals surface area contributed by atoms with Gasteiger partial charge in [0, 0.05) is 5.75 Å². The van der Waals surface area contributed by atoms with E-state index >= 15 is 0 Å². The maximum Gasteiger partial charge on any atom is 0.193 e. The van der Waals surface area contributed by atoms with Crippen LogP contribution in [0.25, 0.3) is 0 Å². The van der Waals surface area contributed by atoms with Crippen molar-refractivity contribution < 1.29 is 4.74 Å². The molecular weight excluding hydrogens is 248 g/mol. The molecule has 0 aliphatic heterocycles. The summed E-state index contributed by atoms with van der Waals surface area (Å²) in [6.45, 7) is 4.54. The number of rotatable bonds is 4. The Morgan fingerprint density at radius 1 is 1.39 bits per heavy atom. The zero-order valence-corrected chi connectivity index (χ0v) is 11.4. The van der Waals surface area contributed by atoms with Crippen LogP contribution in [0.1, 0.15) is 11.1 Å². The van der Waals surface area contributed by atoms with Crippen LogP contribution in [0.5, 0.6) is 5.75 Å². The van der Waals surface area contributed by atoms with Crippen molar-refractivity contribution in [3.63, 3.8) is 0 Å². The normalized spacial score (nSPS) is 9.89. The van der Waals surface area contributed by atoms with Crippen molar-refractivity contribution in [2.75, 3.05) is 12.4 Å². The average Bonchev–Trinajstić information content (AvgIpc) is 2.28. The predicted molar refractivity (Wildman–Crippen MR) is 77.4 cm³/mol. The molecule has 0 amide bonds. The molecule has 18 heavy (non-hydrogen) atoms. The van der Waals surface area contributed by atoms with Gasteiger partial charge in [0.25, 0.3) is 0 Å².